The van der Waals surface area contributed by atoms with Crippen LogP contribution in [0.5, 0.6) is 0 Å². The smallest absolute Gasteiger partial charge is 0.227 e. The first-order valence-electron chi connectivity index (χ1n) is 8.35. The molecule has 21 heavy (non-hydrogen) atoms. The number of amides is 2. The van der Waals surface area contributed by atoms with Crippen LogP contribution in [0.1, 0.15) is 46.0 Å². The first-order chi connectivity index (χ1) is 10.1. The number of likely N-dealkylation sites (tertiary alicyclic amines) is 1. The first kappa shape index (κ1) is 16.3. The van der Waals surface area contributed by atoms with Crippen LogP contribution in [0.4, 0.5) is 0 Å². The first-order valence-corrected chi connectivity index (χ1v) is 8.35. The quantitative estimate of drug-likeness (QED) is 0.830. The number of hydrogen-bond acceptors (Lipinski definition) is 3. The predicted molar refractivity (Wildman–Crippen MR) is 82.9 cm³/mol. The molecule has 1 atom stereocenters. The van der Waals surface area contributed by atoms with E-state index < -0.39 is 0 Å². The SMILES string of the molecule is CCC(CC)N1CC(C(=O)N(C)C2CCNCC2)CC1=O. The summed E-state index contributed by atoms with van der Waals surface area (Å²) in [6.45, 7) is 6.78. The van der Waals surface area contributed by atoms with Crippen LogP contribution in [-0.2, 0) is 9.59 Å². The number of nitrogens with zero attached hydrogens (tertiary/aromatic N) is 2. The number of carbonyl (C=O) groups is 2. The van der Waals surface area contributed by atoms with Gasteiger partial charge in [0.1, 0.15) is 0 Å². The van der Waals surface area contributed by atoms with Gasteiger partial charge in [-0.05, 0) is 38.8 Å². The van der Waals surface area contributed by atoms with Crippen molar-refractivity contribution < 1.29 is 9.59 Å². The lowest BCUT2D eigenvalue weighted by Crippen LogP contribution is -2.46. The van der Waals surface area contributed by atoms with Gasteiger partial charge in [0.05, 0.1) is 5.92 Å². The molecule has 2 aliphatic rings. The molecule has 5 heteroatoms. The summed E-state index contributed by atoms with van der Waals surface area (Å²) in [4.78, 5) is 28.7. The van der Waals surface area contributed by atoms with Gasteiger partial charge in [0, 0.05) is 32.1 Å². The molecule has 0 radical (unpaired) electrons. The van der Waals surface area contributed by atoms with E-state index in [0.29, 0.717) is 25.0 Å². The van der Waals surface area contributed by atoms with E-state index in [1.54, 1.807) is 0 Å². The minimum Gasteiger partial charge on any atom is -0.342 e. The van der Waals surface area contributed by atoms with Crippen molar-refractivity contribution in [3.63, 3.8) is 0 Å². The van der Waals surface area contributed by atoms with Crippen molar-refractivity contribution in [2.24, 2.45) is 5.92 Å². The highest BCUT2D eigenvalue weighted by Crippen LogP contribution is 2.25. The van der Waals surface area contributed by atoms with Gasteiger partial charge >= 0.3 is 0 Å². The number of nitrogens with one attached hydrogen (secondary N) is 1. The fourth-order valence-electron chi connectivity index (χ4n) is 3.64. The van der Waals surface area contributed by atoms with Gasteiger partial charge in [-0.1, -0.05) is 13.8 Å². The highest BCUT2D eigenvalue weighted by molar-refractivity contribution is 5.89. The van der Waals surface area contributed by atoms with Gasteiger partial charge in [-0.15, -0.1) is 0 Å². The fraction of sp³-hybridized carbons (Fsp3) is 0.875. The Morgan fingerprint density at radius 3 is 2.52 bits per heavy atom. The Morgan fingerprint density at radius 1 is 1.33 bits per heavy atom. The summed E-state index contributed by atoms with van der Waals surface area (Å²) in [5.74, 6) is 0.169. The molecule has 1 unspecified atom stereocenters. The molecule has 2 heterocycles. The number of piperidine rings is 1. The minimum atomic E-state index is -0.141. The molecule has 2 fully saturated rings. The molecule has 0 aromatic heterocycles. The summed E-state index contributed by atoms with van der Waals surface area (Å²) in [6, 6.07) is 0.621. The van der Waals surface area contributed by atoms with Crippen molar-refractivity contribution in [1.29, 1.82) is 0 Å². The maximum absolute atomic E-state index is 12.7. The third-order valence-corrected chi connectivity index (χ3v) is 5.09. The molecule has 5 nitrogen and oxygen atoms in total. The van der Waals surface area contributed by atoms with Crippen LogP contribution in [0.15, 0.2) is 0 Å². The van der Waals surface area contributed by atoms with Crippen molar-refractivity contribution in [3.05, 3.63) is 0 Å². The van der Waals surface area contributed by atoms with E-state index in [4.69, 9.17) is 0 Å². The summed E-state index contributed by atoms with van der Waals surface area (Å²) >= 11 is 0. The van der Waals surface area contributed by atoms with Gasteiger partial charge in [-0.2, -0.15) is 0 Å². The number of carbonyl (C=O) groups excluding carboxylic acids is 2. The zero-order chi connectivity index (χ0) is 15.4. The van der Waals surface area contributed by atoms with E-state index in [1.165, 1.54) is 0 Å². The Kier molecular flexibility index (Phi) is 5.62. The summed E-state index contributed by atoms with van der Waals surface area (Å²) in [7, 11) is 1.91. The van der Waals surface area contributed by atoms with Gasteiger partial charge in [0.2, 0.25) is 11.8 Å². The lowest BCUT2D eigenvalue weighted by molar-refractivity contribution is -0.137. The highest BCUT2D eigenvalue weighted by Gasteiger charge is 2.39. The second-order valence-electron chi connectivity index (χ2n) is 6.35. The van der Waals surface area contributed by atoms with Gasteiger partial charge in [-0.3, -0.25) is 9.59 Å². The molecule has 1 N–H and O–H groups in total. The molecule has 0 spiro atoms. The van der Waals surface area contributed by atoms with Gasteiger partial charge in [0.25, 0.3) is 0 Å². The Balaban J connectivity index is 1.95. The maximum atomic E-state index is 12.7. The molecule has 0 aromatic rings. The number of hydrogen-bond donors (Lipinski definition) is 1. The number of rotatable bonds is 5. The zero-order valence-corrected chi connectivity index (χ0v) is 13.6. The molecular weight excluding hydrogens is 266 g/mol. The summed E-state index contributed by atoms with van der Waals surface area (Å²) in [5.41, 5.74) is 0. The van der Waals surface area contributed by atoms with Crippen molar-refractivity contribution in [2.45, 2.75) is 58.0 Å². The van der Waals surface area contributed by atoms with Crippen LogP contribution in [0, 0.1) is 5.92 Å². The summed E-state index contributed by atoms with van der Waals surface area (Å²) in [5, 5.41) is 3.32. The van der Waals surface area contributed by atoms with E-state index in [0.717, 1.165) is 38.8 Å². The molecule has 0 bridgehead atoms. The Hall–Kier alpha value is -1.10. The Labute approximate surface area is 128 Å². The van der Waals surface area contributed by atoms with E-state index >= 15 is 0 Å². The maximum Gasteiger partial charge on any atom is 0.227 e. The molecular formula is C16H29N3O2. The van der Waals surface area contributed by atoms with E-state index in [-0.39, 0.29) is 17.7 Å². The van der Waals surface area contributed by atoms with Crippen LogP contribution in [0.25, 0.3) is 0 Å². The van der Waals surface area contributed by atoms with Gasteiger partial charge in [-0.25, -0.2) is 0 Å². The third kappa shape index (κ3) is 3.57. The molecule has 2 amide bonds. The fourth-order valence-corrected chi connectivity index (χ4v) is 3.64. The average Bonchev–Trinajstić information content (AvgIpc) is 2.90. The Bertz CT molecular complexity index is 376. The van der Waals surface area contributed by atoms with Crippen molar-refractivity contribution >= 4 is 11.8 Å². The topological polar surface area (TPSA) is 52.7 Å². The standard InChI is InChI=1S/C16H29N3O2/c1-4-13(5-2)19-11-12(10-15(19)20)16(21)18(3)14-6-8-17-9-7-14/h12-14,17H,4-11H2,1-3H3. The van der Waals surface area contributed by atoms with Crippen molar-refractivity contribution in [1.82, 2.24) is 15.1 Å². The zero-order valence-electron chi connectivity index (χ0n) is 13.6. The third-order valence-electron chi connectivity index (χ3n) is 5.09. The normalized spacial score (nSPS) is 23.9. The minimum absolute atomic E-state index is 0.141. The monoisotopic (exact) mass is 295 g/mol. The van der Waals surface area contributed by atoms with Crippen LogP contribution in [0.3, 0.4) is 0 Å². The molecule has 2 rings (SSSR count). The van der Waals surface area contributed by atoms with Crippen molar-refractivity contribution in [3.8, 4) is 0 Å². The van der Waals surface area contributed by atoms with E-state index in [1.807, 2.05) is 16.8 Å². The average molecular weight is 295 g/mol. The van der Waals surface area contributed by atoms with E-state index in [9.17, 15) is 9.59 Å². The molecule has 0 aromatic carbocycles. The largest absolute Gasteiger partial charge is 0.342 e. The van der Waals surface area contributed by atoms with Crippen molar-refractivity contribution in [2.75, 3.05) is 26.7 Å². The highest BCUT2D eigenvalue weighted by atomic mass is 16.2. The summed E-state index contributed by atoms with van der Waals surface area (Å²) < 4.78 is 0. The van der Waals surface area contributed by atoms with Crippen LogP contribution in [0.2, 0.25) is 0 Å². The molecule has 2 saturated heterocycles. The second-order valence-corrected chi connectivity index (χ2v) is 6.35. The van der Waals surface area contributed by atoms with Crippen LogP contribution in [-0.4, -0.2) is 60.4 Å². The molecule has 0 aliphatic carbocycles. The van der Waals surface area contributed by atoms with Gasteiger partial charge < -0.3 is 15.1 Å². The van der Waals surface area contributed by atoms with Crippen LogP contribution >= 0.6 is 0 Å². The second kappa shape index (κ2) is 7.25. The Morgan fingerprint density at radius 2 is 1.95 bits per heavy atom. The lowest BCUT2D eigenvalue weighted by Gasteiger charge is -2.33. The molecule has 0 saturated carbocycles. The van der Waals surface area contributed by atoms with Gasteiger partial charge in [0.15, 0.2) is 0 Å². The molecule has 2 aliphatic heterocycles. The lowest BCUT2D eigenvalue weighted by atomic mass is 10.0. The van der Waals surface area contributed by atoms with E-state index in [2.05, 4.69) is 19.2 Å². The van der Waals surface area contributed by atoms with Crippen LogP contribution < -0.4 is 5.32 Å². The predicted octanol–water partition coefficient (Wildman–Crippen LogP) is 1.23. The summed E-state index contributed by atoms with van der Waals surface area (Å²) in [6.07, 6.45) is 4.35. The molecule has 120 valence electrons.